The van der Waals surface area contributed by atoms with Gasteiger partial charge in [-0.1, -0.05) is 81.0 Å². The van der Waals surface area contributed by atoms with Gasteiger partial charge in [0, 0.05) is 0 Å². The smallest absolute Gasteiger partial charge is 0.270 e. The minimum atomic E-state index is -0.154. The van der Waals surface area contributed by atoms with Crippen LogP contribution in [0.2, 0.25) is 0 Å². The molecule has 3 rings (SSSR count). The molecule has 0 spiro atoms. The third-order valence-corrected chi connectivity index (χ3v) is 5.89. The van der Waals surface area contributed by atoms with E-state index in [4.69, 9.17) is 17.0 Å². The predicted octanol–water partition coefficient (Wildman–Crippen LogP) is 6.27. The Morgan fingerprint density at radius 1 is 1.00 bits per heavy atom. The Morgan fingerprint density at radius 2 is 1.68 bits per heavy atom. The zero-order valence-electron chi connectivity index (χ0n) is 16.1. The van der Waals surface area contributed by atoms with Gasteiger partial charge in [0.15, 0.2) is 4.32 Å². The molecule has 1 fully saturated rings. The summed E-state index contributed by atoms with van der Waals surface area (Å²) in [7, 11) is 0. The lowest BCUT2D eigenvalue weighted by Crippen LogP contribution is -2.27. The molecule has 0 atom stereocenters. The summed E-state index contributed by atoms with van der Waals surface area (Å²) in [5.74, 6) is 0.606. The number of ether oxygens (including phenoxy) is 1. The van der Waals surface area contributed by atoms with Gasteiger partial charge in [-0.3, -0.25) is 9.69 Å². The number of thioether (sulfide) groups is 1. The van der Waals surface area contributed by atoms with Crippen molar-refractivity contribution in [2.75, 3.05) is 4.90 Å². The number of amides is 1. The second kappa shape index (κ2) is 9.89. The van der Waals surface area contributed by atoms with Gasteiger partial charge in [-0.25, -0.2) is 0 Å². The number of aryl methyl sites for hydroxylation is 1. The Hall–Kier alpha value is -2.11. The Morgan fingerprint density at radius 3 is 2.29 bits per heavy atom. The fourth-order valence-corrected chi connectivity index (χ4v) is 4.20. The number of hydrogen-bond donors (Lipinski definition) is 0. The quantitative estimate of drug-likeness (QED) is 0.276. The summed E-state index contributed by atoms with van der Waals surface area (Å²) >= 11 is 6.48. The van der Waals surface area contributed by atoms with Gasteiger partial charge in [-0.2, -0.15) is 0 Å². The van der Waals surface area contributed by atoms with E-state index in [0.29, 0.717) is 15.8 Å². The average molecular weight is 412 g/mol. The van der Waals surface area contributed by atoms with E-state index in [1.807, 2.05) is 24.3 Å². The zero-order chi connectivity index (χ0) is 19.9. The summed E-state index contributed by atoms with van der Waals surface area (Å²) in [5.41, 5.74) is 3.26. The van der Waals surface area contributed by atoms with Crippen LogP contribution in [0, 0.1) is 0 Å². The van der Waals surface area contributed by atoms with Crippen LogP contribution in [0.3, 0.4) is 0 Å². The van der Waals surface area contributed by atoms with Crippen molar-refractivity contribution in [1.29, 1.82) is 0 Å². The summed E-state index contributed by atoms with van der Waals surface area (Å²) in [4.78, 5) is 14.1. The minimum Gasteiger partial charge on any atom is -0.489 e. The molecule has 0 saturated carbocycles. The van der Waals surface area contributed by atoms with Crippen molar-refractivity contribution in [2.45, 2.75) is 45.6 Å². The van der Waals surface area contributed by atoms with Gasteiger partial charge < -0.3 is 4.74 Å². The van der Waals surface area contributed by atoms with Gasteiger partial charge in [-0.05, 0) is 48.2 Å². The van der Waals surface area contributed by atoms with Crippen molar-refractivity contribution in [3.8, 4) is 5.75 Å². The molecule has 5 heteroatoms. The van der Waals surface area contributed by atoms with Crippen LogP contribution >= 0.6 is 24.0 Å². The lowest BCUT2D eigenvalue weighted by Gasteiger charge is -2.15. The lowest BCUT2D eigenvalue weighted by atomic mass is 10.0. The Bertz CT molecular complexity index is 844. The van der Waals surface area contributed by atoms with Gasteiger partial charge in [0.1, 0.15) is 12.4 Å². The first kappa shape index (κ1) is 20.6. The summed E-state index contributed by atoms with van der Waals surface area (Å²) in [6.45, 7) is 6.48. The molecule has 0 radical (unpaired) electrons. The summed E-state index contributed by atoms with van der Waals surface area (Å²) in [6.07, 6.45) is 6.29. The maximum Gasteiger partial charge on any atom is 0.270 e. The first-order valence-corrected chi connectivity index (χ1v) is 10.9. The molecule has 0 aromatic heterocycles. The maximum atomic E-state index is 12.1. The fraction of sp³-hybridized carbons (Fsp3) is 0.304. The van der Waals surface area contributed by atoms with E-state index < -0.39 is 0 Å². The highest BCUT2D eigenvalue weighted by molar-refractivity contribution is 8.27. The lowest BCUT2D eigenvalue weighted by molar-refractivity contribution is -0.113. The van der Waals surface area contributed by atoms with Crippen LogP contribution in [-0.4, -0.2) is 10.2 Å². The molecular formula is C23H25NO2S2. The highest BCUT2D eigenvalue weighted by Crippen LogP contribution is 2.34. The third-order valence-electron chi connectivity index (χ3n) is 4.68. The highest BCUT2D eigenvalue weighted by atomic mass is 32.2. The number of carbonyl (C=O) groups excluding carboxylic acids is 1. The van der Waals surface area contributed by atoms with E-state index in [9.17, 15) is 4.79 Å². The van der Waals surface area contributed by atoms with Crippen LogP contribution in [0.5, 0.6) is 5.75 Å². The highest BCUT2D eigenvalue weighted by Gasteiger charge is 2.31. The number of anilines is 1. The standard InChI is InChI=1S/C23H25NO2S2/c1-3-4-5-6-7-18-8-10-19(11-9-18)16-26-21-14-12-20(13-15-21)24-22(25)17(2)28-23(24)27/h8-15H,2-7,16H2,1H3. The largest absolute Gasteiger partial charge is 0.489 e. The molecule has 28 heavy (non-hydrogen) atoms. The van der Waals surface area contributed by atoms with Gasteiger partial charge >= 0.3 is 0 Å². The van der Waals surface area contributed by atoms with Crippen molar-refractivity contribution in [2.24, 2.45) is 0 Å². The predicted molar refractivity (Wildman–Crippen MR) is 122 cm³/mol. The van der Waals surface area contributed by atoms with Crippen molar-refractivity contribution >= 4 is 39.9 Å². The average Bonchev–Trinajstić information content (AvgIpc) is 2.97. The molecule has 1 aliphatic rings. The van der Waals surface area contributed by atoms with Crippen LogP contribution < -0.4 is 9.64 Å². The molecule has 2 aromatic rings. The number of benzene rings is 2. The van der Waals surface area contributed by atoms with Gasteiger partial charge in [-0.15, -0.1) is 0 Å². The molecule has 1 aliphatic heterocycles. The second-order valence-corrected chi connectivity index (χ2v) is 8.57. The monoisotopic (exact) mass is 411 g/mol. The topological polar surface area (TPSA) is 29.5 Å². The Kier molecular flexibility index (Phi) is 7.29. The molecule has 3 nitrogen and oxygen atoms in total. The van der Waals surface area contributed by atoms with Crippen LogP contribution in [0.25, 0.3) is 0 Å². The van der Waals surface area contributed by atoms with E-state index >= 15 is 0 Å². The van der Waals surface area contributed by atoms with Crippen LogP contribution in [0.4, 0.5) is 5.69 Å². The van der Waals surface area contributed by atoms with E-state index in [0.717, 1.165) is 23.4 Å². The number of carbonyl (C=O) groups is 1. The molecule has 0 N–H and O–H groups in total. The van der Waals surface area contributed by atoms with Crippen molar-refractivity contribution in [3.63, 3.8) is 0 Å². The Labute approximate surface area is 176 Å². The van der Waals surface area contributed by atoms with E-state index in [1.165, 1.54) is 47.9 Å². The minimum absolute atomic E-state index is 0.154. The second-order valence-electron chi connectivity index (χ2n) is 6.84. The van der Waals surface area contributed by atoms with Gasteiger partial charge in [0.25, 0.3) is 5.91 Å². The number of hydrogen-bond acceptors (Lipinski definition) is 4. The van der Waals surface area contributed by atoms with E-state index in [2.05, 4.69) is 37.8 Å². The first-order valence-electron chi connectivity index (χ1n) is 9.64. The zero-order valence-corrected chi connectivity index (χ0v) is 17.8. The third kappa shape index (κ3) is 5.24. The summed E-state index contributed by atoms with van der Waals surface area (Å²) in [5, 5.41) is 0. The van der Waals surface area contributed by atoms with Gasteiger partial charge in [0.2, 0.25) is 0 Å². The fourth-order valence-electron chi connectivity index (χ4n) is 3.04. The molecule has 1 amide bonds. The number of unbranched alkanes of at least 4 members (excludes halogenated alkanes) is 3. The maximum absolute atomic E-state index is 12.1. The molecular weight excluding hydrogens is 386 g/mol. The molecule has 0 bridgehead atoms. The molecule has 0 aliphatic carbocycles. The summed E-state index contributed by atoms with van der Waals surface area (Å²) < 4.78 is 6.39. The summed E-state index contributed by atoms with van der Waals surface area (Å²) in [6, 6.07) is 16.1. The van der Waals surface area contributed by atoms with Crippen LogP contribution in [-0.2, 0) is 17.8 Å². The molecule has 0 unspecified atom stereocenters. The van der Waals surface area contributed by atoms with Crippen LogP contribution in [0.15, 0.2) is 60.0 Å². The van der Waals surface area contributed by atoms with Gasteiger partial charge in [0.05, 0.1) is 10.6 Å². The van der Waals surface area contributed by atoms with Crippen LogP contribution in [0.1, 0.15) is 43.7 Å². The van der Waals surface area contributed by atoms with E-state index in [-0.39, 0.29) is 5.91 Å². The number of nitrogens with zero attached hydrogens (tertiary/aromatic N) is 1. The SMILES string of the molecule is C=C1SC(=S)N(c2ccc(OCc3ccc(CCCCCC)cc3)cc2)C1=O. The molecule has 2 aromatic carbocycles. The molecule has 1 saturated heterocycles. The Balaban J connectivity index is 1.52. The van der Waals surface area contributed by atoms with Crippen molar-refractivity contribution < 1.29 is 9.53 Å². The van der Waals surface area contributed by atoms with Crippen molar-refractivity contribution in [3.05, 3.63) is 71.1 Å². The van der Waals surface area contributed by atoms with Crippen molar-refractivity contribution in [1.82, 2.24) is 0 Å². The molecule has 1 heterocycles. The number of rotatable bonds is 9. The van der Waals surface area contributed by atoms with E-state index in [1.54, 1.807) is 0 Å². The normalized spacial score (nSPS) is 14.0. The number of thiocarbonyl (C=S) groups is 1. The molecule has 146 valence electrons. The first-order chi connectivity index (χ1) is 13.6.